The van der Waals surface area contributed by atoms with Crippen LogP contribution in [-0.2, 0) is 11.3 Å². The van der Waals surface area contributed by atoms with Crippen molar-refractivity contribution in [1.29, 1.82) is 0 Å². The first-order valence-corrected chi connectivity index (χ1v) is 14.9. The first-order valence-electron chi connectivity index (χ1n) is 14.9. The fourth-order valence-electron chi connectivity index (χ4n) is 6.03. The lowest BCUT2D eigenvalue weighted by atomic mass is 9.89. The number of H-pyrrole nitrogens is 1. The number of nitrogens with one attached hydrogen (secondary N) is 3. The SMILES string of the molecule is CC(c1c[nH]c2ccccc12)C(NC(=O)N1CCC(c2ccc(F)cc2)CC1)C(=O)Nc1cc(CN(C)C)ccc1C(N)=O. The summed E-state index contributed by atoms with van der Waals surface area (Å²) in [5.74, 6) is -1.58. The monoisotopic (exact) mass is 598 g/mol. The molecule has 1 saturated heterocycles. The fourth-order valence-corrected chi connectivity index (χ4v) is 6.03. The van der Waals surface area contributed by atoms with Gasteiger partial charge in [0.1, 0.15) is 11.9 Å². The van der Waals surface area contributed by atoms with Gasteiger partial charge >= 0.3 is 6.03 Å². The molecule has 4 amide bonds. The molecule has 1 aromatic heterocycles. The molecule has 0 aliphatic carbocycles. The molecule has 2 unspecified atom stereocenters. The Hall–Kier alpha value is -4.70. The Kier molecular flexibility index (Phi) is 9.29. The van der Waals surface area contributed by atoms with E-state index in [-0.39, 0.29) is 23.3 Å². The molecule has 0 radical (unpaired) electrons. The number of anilines is 1. The van der Waals surface area contributed by atoms with Crippen LogP contribution in [0.25, 0.3) is 10.9 Å². The summed E-state index contributed by atoms with van der Waals surface area (Å²) >= 11 is 0. The van der Waals surface area contributed by atoms with Crippen molar-refractivity contribution in [1.82, 2.24) is 20.1 Å². The molecule has 1 fully saturated rings. The van der Waals surface area contributed by atoms with Crippen LogP contribution in [0, 0.1) is 5.82 Å². The number of amides is 4. The predicted octanol–water partition coefficient (Wildman–Crippen LogP) is 5.17. The highest BCUT2D eigenvalue weighted by molar-refractivity contribution is 6.05. The van der Waals surface area contributed by atoms with Crippen molar-refractivity contribution >= 4 is 34.4 Å². The largest absolute Gasteiger partial charge is 0.366 e. The number of carbonyl (C=O) groups is 3. The maximum atomic E-state index is 14.0. The lowest BCUT2D eigenvalue weighted by molar-refractivity contribution is -0.118. The van der Waals surface area contributed by atoms with Gasteiger partial charge in [-0.1, -0.05) is 43.3 Å². The van der Waals surface area contributed by atoms with Gasteiger partial charge in [-0.2, -0.15) is 0 Å². The van der Waals surface area contributed by atoms with E-state index < -0.39 is 23.8 Å². The summed E-state index contributed by atoms with van der Waals surface area (Å²) in [5.41, 5.74) is 9.90. The smallest absolute Gasteiger partial charge is 0.318 e. The molecular weight excluding hydrogens is 559 g/mol. The Morgan fingerprint density at radius 1 is 1.05 bits per heavy atom. The van der Waals surface area contributed by atoms with Crippen LogP contribution in [0.15, 0.2) is 72.9 Å². The van der Waals surface area contributed by atoms with Gasteiger partial charge < -0.3 is 31.2 Å². The van der Waals surface area contributed by atoms with Crippen LogP contribution >= 0.6 is 0 Å². The number of carbonyl (C=O) groups excluding carboxylic acids is 3. The molecule has 0 saturated carbocycles. The van der Waals surface area contributed by atoms with E-state index >= 15 is 0 Å². The number of hydrogen-bond donors (Lipinski definition) is 4. The van der Waals surface area contributed by atoms with Crippen LogP contribution in [0.3, 0.4) is 0 Å². The van der Waals surface area contributed by atoms with Crippen LogP contribution in [0.1, 0.15) is 58.6 Å². The molecule has 1 aliphatic heterocycles. The minimum atomic E-state index is -0.963. The van der Waals surface area contributed by atoms with E-state index in [1.54, 1.807) is 35.2 Å². The molecule has 230 valence electrons. The number of primary amides is 1. The third-order valence-electron chi connectivity index (χ3n) is 8.40. The molecule has 4 aromatic rings. The lowest BCUT2D eigenvalue weighted by Crippen LogP contribution is -2.53. The number of fused-ring (bicyclic) bond motifs is 1. The van der Waals surface area contributed by atoms with Crippen molar-refractivity contribution in [3.63, 3.8) is 0 Å². The minimum absolute atomic E-state index is 0.188. The third kappa shape index (κ3) is 6.92. The molecule has 5 N–H and O–H groups in total. The Morgan fingerprint density at radius 2 is 1.75 bits per heavy atom. The standard InChI is InChI=1S/C34H39FN6O3/c1-21(28-19-37-29-7-5-4-6-26(28)29)31(33(43)38-30-18-22(20-40(2)3)8-13-27(30)32(36)42)39-34(44)41-16-14-24(15-17-41)23-9-11-25(35)12-10-23/h4-13,18-19,21,24,31,37H,14-17,20H2,1-3H3,(H2,36,42)(H,38,43)(H,39,44). The van der Waals surface area contributed by atoms with Crippen LogP contribution < -0.4 is 16.4 Å². The van der Waals surface area contributed by atoms with Crippen molar-refractivity contribution in [2.45, 2.75) is 44.2 Å². The van der Waals surface area contributed by atoms with Crippen LogP contribution in [0.4, 0.5) is 14.9 Å². The van der Waals surface area contributed by atoms with Crippen molar-refractivity contribution in [2.24, 2.45) is 5.73 Å². The van der Waals surface area contributed by atoms with Gasteiger partial charge in [0.2, 0.25) is 5.91 Å². The number of aromatic amines is 1. The maximum Gasteiger partial charge on any atom is 0.318 e. The topological polar surface area (TPSA) is 124 Å². The van der Waals surface area contributed by atoms with Gasteiger partial charge in [-0.05, 0) is 79.9 Å². The molecule has 44 heavy (non-hydrogen) atoms. The number of likely N-dealkylation sites (tertiary alicyclic amines) is 1. The summed E-state index contributed by atoms with van der Waals surface area (Å²) in [6.45, 7) is 3.50. The molecule has 0 spiro atoms. The first-order chi connectivity index (χ1) is 21.1. The van der Waals surface area contributed by atoms with Crippen molar-refractivity contribution in [2.75, 3.05) is 32.5 Å². The summed E-state index contributed by atoms with van der Waals surface area (Å²) in [4.78, 5) is 46.9. The zero-order valence-electron chi connectivity index (χ0n) is 25.3. The van der Waals surface area contributed by atoms with Crippen LogP contribution in [0.2, 0.25) is 0 Å². The second-order valence-electron chi connectivity index (χ2n) is 11.8. The average molecular weight is 599 g/mol. The van der Waals surface area contributed by atoms with Crippen LogP contribution in [0.5, 0.6) is 0 Å². The van der Waals surface area contributed by atoms with E-state index in [0.717, 1.165) is 40.4 Å². The number of aromatic nitrogens is 1. The first kappa shape index (κ1) is 30.7. The summed E-state index contributed by atoms with van der Waals surface area (Å²) < 4.78 is 13.4. The molecule has 2 atom stereocenters. The molecule has 9 nitrogen and oxygen atoms in total. The number of nitrogens with two attached hydrogens (primary N) is 1. The minimum Gasteiger partial charge on any atom is -0.366 e. The van der Waals surface area contributed by atoms with Crippen molar-refractivity contribution in [3.05, 3.63) is 101 Å². The Bertz CT molecular complexity index is 1640. The van der Waals surface area contributed by atoms with E-state index in [4.69, 9.17) is 5.73 Å². The second-order valence-corrected chi connectivity index (χ2v) is 11.8. The maximum absolute atomic E-state index is 14.0. The fraction of sp³-hybridized carbons (Fsp3) is 0.324. The van der Waals surface area contributed by atoms with E-state index in [2.05, 4.69) is 15.6 Å². The van der Waals surface area contributed by atoms with Gasteiger partial charge in [0, 0.05) is 42.7 Å². The summed E-state index contributed by atoms with van der Waals surface area (Å²) in [6.07, 6.45) is 3.33. The molecule has 2 heterocycles. The number of halogens is 1. The van der Waals surface area contributed by atoms with Gasteiger partial charge in [-0.3, -0.25) is 9.59 Å². The number of hydrogen-bond acceptors (Lipinski definition) is 4. The number of piperidine rings is 1. The van der Waals surface area contributed by atoms with E-state index in [9.17, 15) is 18.8 Å². The van der Waals surface area contributed by atoms with Gasteiger partial charge in [0.05, 0.1) is 11.3 Å². The van der Waals surface area contributed by atoms with E-state index in [1.807, 2.05) is 56.4 Å². The number of urea groups is 1. The normalized spacial score (nSPS) is 15.2. The highest BCUT2D eigenvalue weighted by atomic mass is 19.1. The number of para-hydroxylation sites is 1. The summed E-state index contributed by atoms with van der Waals surface area (Å²) in [6, 6.07) is 18.2. The Balaban J connectivity index is 1.38. The molecule has 10 heteroatoms. The average Bonchev–Trinajstić information content (AvgIpc) is 3.44. The van der Waals surface area contributed by atoms with E-state index in [0.29, 0.717) is 25.3 Å². The summed E-state index contributed by atoms with van der Waals surface area (Å²) in [7, 11) is 3.86. The summed E-state index contributed by atoms with van der Waals surface area (Å²) in [5, 5.41) is 6.87. The molecular formula is C34H39FN6O3. The lowest BCUT2D eigenvalue weighted by Gasteiger charge is -2.34. The van der Waals surface area contributed by atoms with Crippen molar-refractivity contribution in [3.8, 4) is 0 Å². The highest BCUT2D eigenvalue weighted by Gasteiger charge is 2.33. The third-order valence-corrected chi connectivity index (χ3v) is 8.40. The zero-order valence-corrected chi connectivity index (χ0v) is 25.3. The zero-order chi connectivity index (χ0) is 31.4. The van der Waals surface area contributed by atoms with Gasteiger partial charge in [0.15, 0.2) is 0 Å². The quantitative estimate of drug-likeness (QED) is 0.212. The van der Waals surface area contributed by atoms with E-state index in [1.165, 1.54) is 12.1 Å². The predicted molar refractivity (Wildman–Crippen MR) is 170 cm³/mol. The highest BCUT2D eigenvalue weighted by Crippen LogP contribution is 2.31. The van der Waals surface area contributed by atoms with Crippen molar-refractivity contribution < 1.29 is 18.8 Å². The molecule has 0 bridgehead atoms. The molecule has 1 aliphatic rings. The Morgan fingerprint density at radius 3 is 2.43 bits per heavy atom. The van der Waals surface area contributed by atoms with Gasteiger partial charge in [0.25, 0.3) is 5.91 Å². The molecule has 5 rings (SSSR count). The van der Waals surface area contributed by atoms with Crippen LogP contribution in [-0.4, -0.2) is 65.9 Å². The van der Waals surface area contributed by atoms with Gasteiger partial charge in [-0.15, -0.1) is 0 Å². The van der Waals surface area contributed by atoms with Gasteiger partial charge in [-0.25, -0.2) is 9.18 Å². The number of rotatable bonds is 9. The number of benzene rings is 3. The molecule has 3 aromatic carbocycles. The Labute approximate surface area is 256 Å². The number of nitrogens with zero attached hydrogens (tertiary/aromatic N) is 2. The second kappa shape index (κ2) is 13.3.